The summed E-state index contributed by atoms with van der Waals surface area (Å²) in [5, 5.41) is 7.39. The van der Waals surface area contributed by atoms with Crippen molar-refractivity contribution >= 4 is 5.91 Å². The van der Waals surface area contributed by atoms with Crippen LogP contribution in [0, 0.1) is 0 Å². The number of hydrogen-bond acceptors (Lipinski definition) is 4. The van der Waals surface area contributed by atoms with E-state index in [1.54, 1.807) is 0 Å². The molecule has 6 nitrogen and oxygen atoms in total. The number of carbonyl (C=O) groups is 1. The minimum absolute atomic E-state index is 0.0151. The average molecular weight is 332 g/mol. The van der Waals surface area contributed by atoms with Crippen molar-refractivity contribution in [2.75, 3.05) is 26.2 Å². The van der Waals surface area contributed by atoms with Crippen LogP contribution < -0.4 is 0 Å². The van der Waals surface area contributed by atoms with Crippen molar-refractivity contribution in [2.45, 2.75) is 64.2 Å². The number of nitrogens with one attached hydrogen (secondary N) is 1. The Kier molecular flexibility index (Phi) is 4.35. The number of ether oxygens (including phenoxy) is 1. The van der Waals surface area contributed by atoms with Crippen LogP contribution in [0.15, 0.2) is 0 Å². The van der Waals surface area contributed by atoms with Gasteiger partial charge in [-0.2, -0.15) is 5.10 Å². The van der Waals surface area contributed by atoms with Gasteiger partial charge in [-0.05, 0) is 52.6 Å². The number of amides is 1. The molecule has 1 aromatic rings. The summed E-state index contributed by atoms with van der Waals surface area (Å²) in [4.78, 5) is 17.6. The van der Waals surface area contributed by atoms with Crippen molar-refractivity contribution < 1.29 is 9.53 Å². The first-order valence-corrected chi connectivity index (χ1v) is 9.39. The summed E-state index contributed by atoms with van der Waals surface area (Å²) < 4.78 is 5.82. The Hall–Kier alpha value is -1.40. The standard InChI is InChI=1S/C18H28N4O2/c1-12-11-15-16(13(2)24-12)19-20-17(15)18(23)22-9-5-14(6-10-22)21-7-3-4-8-21/h12-14H,3-11H2,1-2H3,(H,19,20)/t12-,13+/m1/s1. The third-order valence-electron chi connectivity index (χ3n) is 5.84. The Balaban J connectivity index is 1.44. The lowest BCUT2D eigenvalue weighted by Gasteiger charge is -2.36. The Morgan fingerprint density at radius 1 is 1.17 bits per heavy atom. The third-order valence-corrected chi connectivity index (χ3v) is 5.84. The number of fused-ring (bicyclic) bond motifs is 1. The Bertz CT molecular complexity index is 600. The van der Waals surface area contributed by atoms with Gasteiger partial charge in [-0.25, -0.2) is 0 Å². The number of piperidine rings is 1. The maximum atomic E-state index is 13.0. The maximum absolute atomic E-state index is 13.0. The fraction of sp³-hybridized carbons (Fsp3) is 0.778. The second kappa shape index (κ2) is 6.48. The number of likely N-dealkylation sites (tertiary alicyclic amines) is 2. The molecular formula is C18H28N4O2. The molecule has 3 aliphatic heterocycles. The number of rotatable bonds is 2. The van der Waals surface area contributed by atoms with Gasteiger partial charge >= 0.3 is 0 Å². The molecule has 1 amide bonds. The van der Waals surface area contributed by atoms with Gasteiger partial charge in [0.05, 0.1) is 17.9 Å². The number of carbonyl (C=O) groups excluding carboxylic acids is 1. The third kappa shape index (κ3) is 2.86. The lowest BCUT2D eigenvalue weighted by Crippen LogP contribution is -2.46. The lowest BCUT2D eigenvalue weighted by atomic mass is 9.98. The molecule has 1 N–H and O–H groups in total. The number of nitrogens with zero attached hydrogens (tertiary/aromatic N) is 3. The maximum Gasteiger partial charge on any atom is 0.274 e. The second-order valence-electron chi connectivity index (χ2n) is 7.52. The van der Waals surface area contributed by atoms with Crippen LogP contribution in [0.1, 0.15) is 67.4 Å². The zero-order valence-corrected chi connectivity index (χ0v) is 14.8. The monoisotopic (exact) mass is 332 g/mol. The van der Waals surface area contributed by atoms with E-state index in [0.717, 1.165) is 43.6 Å². The molecule has 0 spiro atoms. The van der Waals surface area contributed by atoms with Crippen LogP contribution in [-0.4, -0.2) is 64.2 Å². The molecule has 132 valence electrons. The van der Waals surface area contributed by atoms with E-state index >= 15 is 0 Å². The van der Waals surface area contributed by atoms with Gasteiger partial charge in [0.25, 0.3) is 5.91 Å². The number of aromatic nitrogens is 2. The summed E-state index contributed by atoms with van der Waals surface area (Å²) in [5.41, 5.74) is 2.66. The van der Waals surface area contributed by atoms with E-state index in [9.17, 15) is 4.79 Å². The Labute approximate surface area is 143 Å². The Morgan fingerprint density at radius 2 is 1.88 bits per heavy atom. The highest BCUT2D eigenvalue weighted by molar-refractivity contribution is 5.94. The molecule has 6 heteroatoms. The summed E-state index contributed by atoms with van der Waals surface area (Å²) in [6, 6.07) is 0.665. The number of aromatic amines is 1. The molecule has 4 rings (SSSR count). The second-order valence-corrected chi connectivity index (χ2v) is 7.52. The van der Waals surface area contributed by atoms with Crippen molar-refractivity contribution in [2.24, 2.45) is 0 Å². The van der Waals surface area contributed by atoms with Crippen LogP contribution in [0.25, 0.3) is 0 Å². The number of hydrogen-bond donors (Lipinski definition) is 1. The summed E-state index contributed by atoms with van der Waals surface area (Å²) in [6.45, 7) is 8.25. The van der Waals surface area contributed by atoms with Crippen molar-refractivity contribution in [1.29, 1.82) is 0 Å². The van der Waals surface area contributed by atoms with E-state index in [-0.39, 0.29) is 18.1 Å². The smallest absolute Gasteiger partial charge is 0.274 e. The molecule has 0 aliphatic carbocycles. The molecule has 3 aliphatic rings. The summed E-state index contributed by atoms with van der Waals surface area (Å²) in [6.07, 6.45) is 5.73. The average Bonchev–Trinajstić information content (AvgIpc) is 3.24. The summed E-state index contributed by atoms with van der Waals surface area (Å²) >= 11 is 0. The first kappa shape index (κ1) is 16.1. The summed E-state index contributed by atoms with van der Waals surface area (Å²) in [5.74, 6) is 0.0914. The van der Waals surface area contributed by atoms with E-state index in [0.29, 0.717) is 11.7 Å². The molecule has 0 bridgehead atoms. The fourth-order valence-electron chi connectivity index (χ4n) is 4.54. The molecule has 2 atom stereocenters. The molecule has 2 fully saturated rings. The minimum Gasteiger partial charge on any atom is -0.369 e. The summed E-state index contributed by atoms with van der Waals surface area (Å²) in [7, 11) is 0. The SMILES string of the molecule is C[C@@H]1Cc2c(C(=O)N3CCC(N4CCCC4)CC3)n[nH]c2[C@H](C)O1. The lowest BCUT2D eigenvalue weighted by molar-refractivity contribution is -0.00703. The van der Waals surface area contributed by atoms with Gasteiger partial charge in [-0.1, -0.05) is 0 Å². The van der Waals surface area contributed by atoms with Gasteiger partial charge in [0.15, 0.2) is 5.69 Å². The first-order valence-electron chi connectivity index (χ1n) is 9.39. The largest absolute Gasteiger partial charge is 0.369 e. The van der Waals surface area contributed by atoms with Crippen LogP contribution >= 0.6 is 0 Å². The highest BCUT2D eigenvalue weighted by Gasteiger charge is 2.33. The highest BCUT2D eigenvalue weighted by Crippen LogP contribution is 2.31. The predicted molar refractivity (Wildman–Crippen MR) is 91.0 cm³/mol. The van der Waals surface area contributed by atoms with Crippen molar-refractivity contribution in [1.82, 2.24) is 20.0 Å². The molecule has 0 saturated carbocycles. The molecule has 1 aromatic heterocycles. The predicted octanol–water partition coefficient (Wildman–Crippen LogP) is 2.13. The van der Waals surface area contributed by atoms with Gasteiger partial charge in [0.1, 0.15) is 0 Å². The van der Waals surface area contributed by atoms with Crippen LogP contribution in [0.5, 0.6) is 0 Å². The van der Waals surface area contributed by atoms with E-state index in [1.165, 1.54) is 25.9 Å². The van der Waals surface area contributed by atoms with Gasteiger partial charge < -0.3 is 14.5 Å². The normalized spacial score (nSPS) is 29.0. The van der Waals surface area contributed by atoms with E-state index in [1.807, 2.05) is 11.8 Å². The van der Waals surface area contributed by atoms with Crippen LogP contribution in [-0.2, 0) is 11.2 Å². The Morgan fingerprint density at radius 3 is 2.58 bits per heavy atom. The molecule has 0 aromatic carbocycles. The van der Waals surface area contributed by atoms with Crippen molar-refractivity contribution in [3.05, 3.63) is 17.0 Å². The first-order chi connectivity index (χ1) is 11.6. The van der Waals surface area contributed by atoms with Crippen LogP contribution in [0.2, 0.25) is 0 Å². The van der Waals surface area contributed by atoms with Gasteiger partial charge in [0, 0.05) is 31.1 Å². The molecule has 0 unspecified atom stereocenters. The topological polar surface area (TPSA) is 61.5 Å². The molecule has 2 saturated heterocycles. The molecule has 0 radical (unpaired) electrons. The van der Waals surface area contributed by atoms with Gasteiger partial charge in [-0.3, -0.25) is 9.89 Å². The van der Waals surface area contributed by atoms with Crippen molar-refractivity contribution in [3.63, 3.8) is 0 Å². The number of H-pyrrole nitrogens is 1. The fourth-order valence-corrected chi connectivity index (χ4v) is 4.54. The van der Waals surface area contributed by atoms with Crippen LogP contribution in [0.4, 0.5) is 0 Å². The molecule has 4 heterocycles. The van der Waals surface area contributed by atoms with Gasteiger partial charge in [-0.15, -0.1) is 0 Å². The zero-order chi connectivity index (χ0) is 16.7. The minimum atomic E-state index is -0.0151. The van der Waals surface area contributed by atoms with Gasteiger partial charge in [0.2, 0.25) is 0 Å². The quantitative estimate of drug-likeness (QED) is 0.901. The molecule has 24 heavy (non-hydrogen) atoms. The van der Waals surface area contributed by atoms with E-state index < -0.39 is 0 Å². The molecular weight excluding hydrogens is 304 g/mol. The van der Waals surface area contributed by atoms with E-state index in [2.05, 4.69) is 22.0 Å². The van der Waals surface area contributed by atoms with Crippen LogP contribution in [0.3, 0.4) is 0 Å². The van der Waals surface area contributed by atoms with E-state index in [4.69, 9.17) is 4.74 Å². The van der Waals surface area contributed by atoms with Crippen molar-refractivity contribution in [3.8, 4) is 0 Å². The highest BCUT2D eigenvalue weighted by atomic mass is 16.5. The zero-order valence-electron chi connectivity index (χ0n) is 14.8.